The smallest absolute Gasteiger partial charge is 0.416 e. The Hall–Kier alpha value is -1.76. The van der Waals surface area contributed by atoms with Crippen molar-refractivity contribution in [2.75, 3.05) is 11.5 Å². The summed E-state index contributed by atoms with van der Waals surface area (Å²) < 4.78 is 43.4. The number of carbonyl (C=O) groups excluding carboxylic acids is 1. The highest BCUT2D eigenvalue weighted by molar-refractivity contribution is 5.90. The van der Waals surface area contributed by atoms with Gasteiger partial charge in [-0.1, -0.05) is 6.92 Å². The van der Waals surface area contributed by atoms with Gasteiger partial charge in [-0.15, -0.1) is 0 Å². The van der Waals surface area contributed by atoms with Crippen LogP contribution in [0, 0.1) is 0 Å². The lowest BCUT2D eigenvalue weighted by Gasteiger charge is -2.38. The fourth-order valence-electron chi connectivity index (χ4n) is 2.69. The summed E-state index contributed by atoms with van der Waals surface area (Å²) in [5, 5.41) is 10.1. The first-order valence-corrected chi connectivity index (χ1v) is 7.14. The molecule has 0 saturated carbocycles. The van der Waals surface area contributed by atoms with Crippen molar-refractivity contribution in [2.24, 2.45) is 0 Å². The van der Waals surface area contributed by atoms with Crippen LogP contribution in [0.1, 0.15) is 43.9 Å². The third-order valence-corrected chi connectivity index (χ3v) is 3.77. The molecule has 0 aliphatic carbocycles. The Morgan fingerprint density at radius 3 is 2.64 bits per heavy atom. The van der Waals surface area contributed by atoms with Gasteiger partial charge >= 0.3 is 12.3 Å². The van der Waals surface area contributed by atoms with E-state index >= 15 is 0 Å². The van der Waals surface area contributed by atoms with Crippen molar-refractivity contribution in [1.29, 1.82) is 0 Å². The van der Waals surface area contributed by atoms with Gasteiger partial charge < -0.3 is 9.84 Å². The van der Waals surface area contributed by atoms with Gasteiger partial charge in [0.25, 0.3) is 0 Å². The van der Waals surface area contributed by atoms with E-state index in [1.807, 2.05) is 6.92 Å². The van der Waals surface area contributed by atoms with Gasteiger partial charge in [-0.25, -0.2) is 4.79 Å². The minimum Gasteiger partial charge on any atom is -0.449 e. The molecule has 1 N–H and O–H groups in total. The minimum absolute atomic E-state index is 0.104. The van der Waals surface area contributed by atoms with E-state index in [9.17, 15) is 23.1 Å². The summed E-state index contributed by atoms with van der Waals surface area (Å²) >= 11 is 0. The second-order valence-electron chi connectivity index (χ2n) is 5.15. The van der Waals surface area contributed by atoms with E-state index in [1.54, 1.807) is 6.92 Å². The van der Waals surface area contributed by atoms with Crippen LogP contribution in [0.15, 0.2) is 18.2 Å². The SMILES string of the molecule is CCOC(=O)N1c2ccc(C(F)(F)F)cc2[C@H](O)C[C@@H]1CC. The van der Waals surface area contributed by atoms with Crippen LogP contribution in [0.25, 0.3) is 0 Å². The standard InChI is InChI=1S/C15H18F3NO3/c1-3-10-8-13(20)11-7-9(15(16,17)18)5-6-12(11)19(10)14(21)22-4-2/h5-7,10,13,20H,3-4,8H2,1-2H3/t10-,13+/m0/s1. The number of anilines is 1. The summed E-state index contributed by atoms with van der Waals surface area (Å²) in [5.74, 6) is 0. The Kier molecular flexibility index (Phi) is 4.65. The van der Waals surface area contributed by atoms with Gasteiger partial charge in [0.05, 0.1) is 24.0 Å². The lowest BCUT2D eigenvalue weighted by molar-refractivity contribution is -0.137. The maximum Gasteiger partial charge on any atom is 0.416 e. The van der Waals surface area contributed by atoms with Crippen LogP contribution in [0.4, 0.5) is 23.7 Å². The number of benzene rings is 1. The second-order valence-corrected chi connectivity index (χ2v) is 5.15. The lowest BCUT2D eigenvalue weighted by atomic mass is 9.91. The molecule has 0 saturated heterocycles. The predicted octanol–water partition coefficient (Wildman–Crippen LogP) is 3.88. The van der Waals surface area contributed by atoms with Crippen molar-refractivity contribution in [3.8, 4) is 0 Å². The van der Waals surface area contributed by atoms with E-state index in [0.29, 0.717) is 6.42 Å². The van der Waals surface area contributed by atoms with Gasteiger partial charge in [0.15, 0.2) is 0 Å². The van der Waals surface area contributed by atoms with Crippen molar-refractivity contribution in [2.45, 2.75) is 45.0 Å². The van der Waals surface area contributed by atoms with Crippen LogP contribution in [-0.4, -0.2) is 23.8 Å². The molecule has 0 radical (unpaired) electrons. The van der Waals surface area contributed by atoms with Gasteiger partial charge in [0, 0.05) is 11.6 Å². The first kappa shape index (κ1) is 16.6. The normalized spacial score (nSPS) is 21.5. The Balaban J connectivity index is 2.49. The van der Waals surface area contributed by atoms with Crippen molar-refractivity contribution >= 4 is 11.8 Å². The fourth-order valence-corrected chi connectivity index (χ4v) is 2.69. The van der Waals surface area contributed by atoms with Gasteiger partial charge in [-0.05, 0) is 38.0 Å². The zero-order chi connectivity index (χ0) is 16.5. The number of hydrogen-bond donors (Lipinski definition) is 1. The molecule has 1 aromatic carbocycles. The largest absolute Gasteiger partial charge is 0.449 e. The molecule has 22 heavy (non-hydrogen) atoms. The molecule has 4 nitrogen and oxygen atoms in total. The van der Waals surface area contributed by atoms with Crippen LogP contribution in [-0.2, 0) is 10.9 Å². The number of nitrogens with zero attached hydrogens (tertiary/aromatic N) is 1. The highest BCUT2D eigenvalue weighted by atomic mass is 19.4. The third-order valence-electron chi connectivity index (χ3n) is 3.77. The van der Waals surface area contributed by atoms with Crippen molar-refractivity contribution in [3.63, 3.8) is 0 Å². The summed E-state index contributed by atoms with van der Waals surface area (Å²) in [6.45, 7) is 3.67. The molecule has 0 unspecified atom stereocenters. The maximum absolute atomic E-state index is 12.8. The molecule has 2 atom stereocenters. The topological polar surface area (TPSA) is 49.8 Å². The number of amides is 1. The summed E-state index contributed by atoms with van der Waals surface area (Å²) in [7, 11) is 0. The molecular weight excluding hydrogens is 299 g/mol. The van der Waals surface area contributed by atoms with Gasteiger partial charge in [-0.2, -0.15) is 13.2 Å². The molecule has 1 aromatic rings. The molecule has 0 spiro atoms. The first-order chi connectivity index (χ1) is 10.3. The van der Waals surface area contributed by atoms with Gasteiger partial charge in [-0.3, -0.25) is 4.90 Å². The third kappa shape index (κ3) is 3.04. The molecule has 0 aromatic heterocycles. The average molecular weight is 317 g/mol. The van der Waals surface area contributed by atoms with Crippen LogP contribution in [0.2, 0.25) is 0 Å². The van der Waals surface area contributed by atoms with Crippen LogP contribution < -0.4 is 4.90 Å². The van der Waals surface area contributed by atoms with Crippen molar-refractivity contribution < 1.29 is 27.8 Å². The quantitative estimate of drug-likeness (QED) is 0.900. The Labute approximate surface area is 126 Å². The van der Waals surface area contributed by atoms with E-state index in [2.05, 4.69) is 0 Å². The van der Waals surface area contributed by atoms with E-state index in [-0.39, 0.29) is 30.3 Å². The summed E-state index contributed by atoms with van der Waals surface area (Å²) in [4.78, 5) is 13.5. The molecule has 0 fully saturated rings. The van der Waals surface area contributed by atoms with Gasteiger partial charge in [0.1, 0.15) is 0 Å². The maximum atomic E-state index is 12.8. The van der Waals surface area contributed by atoms with Gasteiger partial charge in [0.2, 0.25) is 0 Å². The van der Waals surface area contributed by atoms with Crippen LogP contribution in [0.5, 0.6) is 0 Å². The molecule has 1 aliphatic rings. The molecule has 1 amide bonds. The number of carbonyl (C=O) groups is 1. The van der Waals surface area contributed by atoms with Crippen LogP contribution in [0.3, 0.4) is 0 Å². The highest BCUT2D eigenvalue weighted by Crippen LogP contribution is 2.41. The Bertz CT molecular complexity index is 559. The highest BCUT2D eigenvalue weighted by Gasteiger charge is 2.38. The van der Waals surface area contributed by atoms with Crippen molar-refractivity contribution in [1.82, 2.24) is 0 Å². The molecule has 7 heteroatoms. The van der Waals surface area contributed by atoms with E-state index in [0.717, 1.165) is 12.1 Å². The number of hydrogen-bond acceptors (Lipinski definition) is 3. The number of alkyl halides is 3. The number of ether oxygens (including phenoxy) is 1. The zero-order valence-electron chi connectivity index (χ0n) is 12.4. The molecule has 1 heterocycles. The number of aliphatic hydroxyl groups is 1. The molecule has 1 aliphatic heterocycles. The Morgan fingerprint density at radius 1 is 1.41 bits per heavy atom. The summed E-state index contributed by atoms with van der Waals surface area (Å²) in [5.41, 5.74) is -0.464. The monoisotopic (exact) mass is 317 g/mol. The van der Waals surface area contributed by atoms with E-state index in [4.69, 9.17) is 4.74 Å². The number of rotatable bonds is 2. The molecule has 122 valence electrons. The number of aliphatic hydroxyl groups excluding tert-OH is 1. The fraction of sp³-hybridized carbons (Fsp3) is 0.533. The van der Waals surface area contributed by atoms with Crippen LogP contribution >= 0.6 is 0 Å². The summed E-state index contributed by atoms with van der Waals surface area (Å²) in [6.07, 6.45) is -5.39. The average Bonchev–Trinajstić information content (AvgIpc) is 2.45. The van der Waals surface area contributed by atoms with E-state index in [1.165, 1.54) is 11.0 Å². The predicted molar refractivity (Wildman–Crippen MR) is 74.6 cm³/mol. The van der Waals surface area contributed by atoms with E-state index < -0.39 is 23.9 Å². The second kappa shape index (κ2) is 6.16. The lowest BCUT2D eigenvalue weighted by Crippen LogP contribution is -2.45. The zero-order valence-corrected chi connectivity index (χ0v) is 12.4. The Morgan fingerprint density at radius 2 is 2.09 bits per heavy atom. The molecule has 2 rings (SSSR count). The number of halogens is 3. The molecule has 0 bridgehead atoms. The molecular formula is C15H18F3NO3. The first-order valence-electron chi connectivity index (χ1n) is 7.14. The number of fused-ring (bicyclic) bond motifs is 1. The minimum atomic E-state index is -4.49. The summed E-state index contributed by atoms with van der Waals surface area (Å²) in [6, 6.07) is 2.73. The van der Waals surface area contributed by atoms with Crippen molar-refractivity contribution in [3.05, 3.63) is 29.3 Å².